The SMILES string of the molecule is C[CH-]C[C@@H](C[C@@H](C)O[Si](C)(C)C(C)(C)C)O[Si](C)(C)C(C)(C)C.[Li+]. The monoisotopic (exact) mass is 366 g/mol. The maximum atomic E-state index is 6.66. The van der Waals surface area contributed by atoms with Crippen LogP contribution in [0.2, 0.25) is 36.3 Å². The molecule has 2 nitrogen and oxygen atoms in total. The minimum absolute atomic E-state index is 0. The van der Waals surface area contributed by atoms with Gasteiger partial charge in [-0.25, -0.2) is 0 Å². The Bertz CT molecular complexity index is 357. The Morgan fingerprint density at radius 1 is 0.833 bits per heavy atom. The Hall–Kier alpha value is 0.951. The molecule has 0 fully saturated rings. The summed E-state index contributed by atoms with van der Waals surface area (Å²) in [7, 11) is -3.44. The van der Waals surface area contributed by atoms with Gasteiger partial charge in [-0.2, -0.15) is 13.3 Å². The molecule has 0 amide bonds. The molecule has 0 unspecified atom stereocenters. The molecule has 0 aromatic heterocycles. The fraction of sp³-hybridized carbons (Fsp3) is 0.947. The van der Waals surface area contributed by atoms with E-state index in [-0.39, 0.29) is 41.1 Å². The third kappa shape index (κ3) is 8.56. The maximum Gasteiger partial charge on any atom is 1.00 e. The smallest absolute Gasteiger partial charge is 0.416 e. The third-order valence-electron chi connectivity index (χ3n) is 5.66. The van der Waals surface area contributed by atoms with E-state index in [1.54, 1.807) is 0 Å². The van der Waals surface area contributed by atoms with Crippen LogP contribution in [0.15, 0.2) is 0 Å². The minimum Gasteiger partial charge on any atom is -0.416 e. The van der Waals surface area contributed by atoms with Crippen LogP contribution in [0.5, 0.6) is 0 Å². The molecule has 0 saturated carbocycles. The summed E-state index contributed by atoms with van der Waals surface area (Å²) in [5, 5.41) is 0.510. The van der Waals surface area contributed by atoms with Crippen LogP contribution in [0, 0.1) is 6.42 Å². The molecule has 0 heterocycles. The van der Waals surface area contributed by atoms with E-state index in [4.69, 9.17) is 8.85 Å². The van der Waals surface area contributed by atoms with Crippen LogP contribution in [0.4, 0.5) is 0 Å². The van der Waals surface area contributed by atoms with Crippen molar-refractivity contribution in [3.8, 4) is 0 Å². The second kappa shape index (κ2) is 9.76. The Morgan fingerprint density at radius 2 is 1.21 bits per heavy atom. The number of hydrogen-bond donors (Lipinski definition) is 0. The van der Waals surface area contributed by atoms with E-state index in [1.807, 2.05) is 0 Å². The fourth-order valence-corrected chi connectivity index (χ4v) is 4.98. The second-order valence-electron chi connectivity index (χ2n) is 10.1. The molecule has 0 aliphatic carbocycles. The molecule has 5 heteroatoms. The first-order valence-corrected chi connectivity index (χ1v) is 15.0. The predicted octanol–water partition coefficient (Wildman–Crippen LogP) is 3.80. The van der Waals surface area contributed by atoms with E-state index in [9.17, 15) is 0 Å². The summed E-state index contributed by atoms with van der Waals surface area (Å²) in [4.78, 5) is 0. The molecule has 24 heavy (non-hydrogen) atoms. The Balaban J connectivity index is 0. The van der Waals surface area contributed by atoms with Crippen molar-refractivity contribution in [3.05, 3.63) is 6.42 Å². The normalized spacial score (nSPS) is 16.5. The number of rotatable bonds is 8. The minimum atomic E-state index is -1.73. The molecule has 0 aliphatic heterocycles. The van der Waals surface area contributed by atoms with E-state index in [1.165, 1.54) is 0 Å². The van der Waals surface area contributed by atoms with Crippen LogP contribution in [0.3, 0.4) is 0 Å². The molecule has 0 spiro atoms. The Kier molecular flexibility index (Phi) is 11.1. The Labute approximate surface area is 167 Å². The molecule has 0 saturated heterocycles. The molecule has 140 valence electrons. The first-order chi connectivity index (χ1) is 10.0. The van der Waals surface area contributed by atoms with E-state index >= 15 is 0 Å². The Morgan fingerprint density at radius 3 is 1.54 bits per heavy atom. The van der Waals surface area contributed by atoms with Gasteiger partial charge in [0.2, 0.25) is 0 Å². The summed E-state index contributed by atoms with van der Waals surface area (Å²) in [6, 6.07) is 0. The molecular formula is C19H43LiO2Si2. The summed E-state index contributed by atoms with van der Waals surface area (Å²) in [5.41, 5.74) is 0. The van der Waals surface area contributed by atoms with Crippen LogP contribution < -0.4 is 18.9 Å². The topological polar surface area (TPSA) is 18.5 Å². The standard InChI is InChI=1S/C19H43O2Si2.Li/c1-13-14-17(21-23(11,12)19(6,7)8)15-16(2)20-22(9,10)18(3,4)5;/h13,16-17H,14-15H2,1-12H3;/q-1;+1/t16-,17+;/m1./s1. The van der Waals surface area contributed by atoms with Gasteiger partial charge in [0.05, 0.1) is 0 Å². The summed E-state index contributed by atoms with van der Waals surface area (Å²) >= 11 is 0. The van der Waals surface area contributed by atoms with Crippen LogP contribution in [-0.2, 0) is 8.85 Å². The fourth-order valence-electron chi connectivity index (χ4n) is 2.15. The largest absolute Gasteiger partial charge is 1.00 e. The van der Waals surface area contributed by atoms with Crippen molar-refractivity contribution in [1.82, 2.24) is 0 Å². The van der Waals surface area contributed by atoms with Crippen LogP contribution >= 0.6 is 0 Å². The van der Waals surface area contributed by atoms with Crippen molar-refractivity contribution in [2.45, 2.75) is 117 Å². The van der Waals surface area contributed by atoms with E-state index in [0.29, 0.717) is 0 Å². The first-order valence-electron chi connectivity index (χ1n) is 9.17. The molecular weight excluding hydrogens is 323 g/mol. The summed E-state index contributed by atoms with van der Waals surface area (Å²) < 4.78 is 13.2. The molecule has 0 aromatic carbocycles. The average molecular weight is 367 g/mol. The van der Waals surface area contributed by atoms with Gasteiger partial charge in [0, 0.05) is 12.2 Å². The first kappa shape index (κ1) is 27.2. The molecule has 0 aromatic rings. The van der Waals surface area contributed by atoms with Gasteiger partial charge >= 0.3 is 18.9 Å². The van der Waals surface area contributed by atoms with Gasteiger partial charge in [-0.1, -0.05) is 41.5 Å². The zero-order chi connectivity index (χ0) is 18.7. The van der Waals surface area contributed by atoms with Crippen molar-refractivity contribution < 1.29 is 27.7 Å². The second-order valence-corrected chi connectivity index (χ2v) is 19.6. The summed E-state index contributed by atoms with van der Waals surface area (Å²) in [6.45, 7) is 27.5. The van der Waals surface area contributed by atoms with Gasteiger partial charge in [0.25, 0.3) is 0 Å². The number of hydrogen-bond acceptors (Lipinski definition) is 2. The molecule has 0 bridgehead atoms. The van der Waals surface area contributed by atoms with Gasteiger partial charge in [0.15, 0.2) is 16.6 Å². The third-order valence-corrected chi connectivity index (χ3v) is 14.8. The summed E-state index contributed by atoms with van der Waals surface area (Å²) in [5.74, 6) is 0. The molecule has 2 atom stereocenters. The maximum absolute atomic E-state index is 6.66. The predicted molar refractivity (Wildman–Crippen MR) is 109 cm³/mol. The van der Waals surface area contributed by atoms with Crippen molar-refractivity contribution in [1.29, 1.82) is 0 Å². The quantitative estimate of drug-likeness (QED) is 0.480. The summed E-state index contributed by atoms with van der Waals surface area (Å²) in [6.07, 6.45) is 4.77. The van der Waals surface area contributed by atoms with Gasteiger partial charge in [-0.15, -0.1) is 0 Å². The van der Waals surface area contributed by atoms with Gasteiger partial charge in [-0.3, -0.25) is 0 Å². The van der Waals surface area contributed by atoms with Crippen molar-refractivity contribution in [2.24, 2.45) is 0 Å². The molecule has 0 aliphatic rings. The van der Waals surface area contributed by atoms with Gasteiger partial charge in [0.1, 0.15) is 0 Å². The average Bonchev–Trinajstić information content (AvgIpc) is 2.23. The zero-order valence-electron chi connectivity index (χ0n) is 19.0. The van der Waals surface area contributed by atoms with Crippen LogP contribution in [0.25, 0.3) is 0 Å². The molecule has 0 radical (unpaired) electrons. The van der Waals surface area contributed by atoms with Crippen molar-refractivity contribution in [2.75, 3.05) is 0 Å². The van der Waals surface area contributed by atoms with Crippen molar-refractivity contribution >= 4 is 16.6 Å². The molecule has 0 N–H and O–H groups in total. The van der Waals surface area contributed by atoms with Gasteiger partial charge < -0.3 is 15.3 Å². The zero-order valence-corrected chi connectivity index (χ0v) is 21.0. The molecule has 0 rings (SSSR count). The van der Waals surface area contributed by atoms with E-state index in [2.05, 4.69) is 88.0 Å². The van der Waals surface area contributed by atoms with Gasteiger partial charge in [-0.05, 0) is 49.6 Å². The van der Waals surface area contributed by atoms with Crippen molar-refractivity contribution in [3.63, 3.8) is 0 Å². The van der Waals surface area contributed by atoms with Crippen LogP contribution in [0.1, 0.15) is 68.2 Å². The van der Waals surface area contributed by atoms with E-state index in [0.717, 1.165) is 12.8 Å². The van der Waals surface area contributed by atoms with Crippen LogP contribution in [-0.4, -0.2) is 28.8 Å². The van der Waals surface area contributed by atoms with E-state index < -0.39 is 16.6 Å².